The minimum atomic E-state index is -0.335. The maximum Gasteiger partial charge on any atom is 0.286 e. The van der Waals surface area contributed by atoms with E-state index in [1.165, 1.54) is 6.26 Å². The van der Waals surface area contributed by atoms with Crippen LogP contribution in [0.1, 0.15) is 35.5 Å². The van der Waals surface area contributed by atoms with Gasteiger partial charge in [0.15, 0.2) is 17.3 Å². The van der Waals surface area contributed by atoms with Crippen LogP contribution in [0, 0.1) is 0 Å². The second kappa shape index (κ2) is 7.74. The SMILES string of the molecule is C[C@@H](NC(=O)CCNC(=O)c1ccco1)c1ccc2c(c1)OCCO2. The van der Waals surface area contributed by atoms with E-state index in [9.17, 15) is 9.59 Å². The average Bonchev–Trinajstić information content (AvgIpc) is 3.16. The molecule has 2 heterocycles. The van der Waals surface area contributed by atoms with Gasteiger partial charge >= 0.3 is 0 Å². The number of nitrogens with one attached hydrogen (secondary N) is 2. The summed E-state index contributed by atoms with van der Waals surface area (Å²) in [4.78, 5) is 23.7. The number of ether oxygens (including phenoxy) is 2. The maximum absolute atomic E-state index is 12.0. The van der Waals surface area contributed by atoms with Gasteiger partial charge in [0.2, 0.25) is 5.91 Å². The normalized spacial score (nSPS) is 13.8. The number of benzene rings is 1. The summed E-state index contributed by atoms with van der Waals surface area (Å²) < 4.78 is 16.0. The molecule has 132 valence electrons. The highest BCUT2D eigenvalue weighted by atomic mass is 16.6. The lowest BCUT2D eigenvalue weighted by Crippen LogP contribution is -2.32. The first-order valence-electron chi connectivity index (χ1n) is 8.14. The molecule has 2 amide bonds. The Morgan fingerprint density at radius 2 is 1.96 bits per heavy atom. The largest absolute Gasteiger partial charge is 0.486 e. The molecule has 0 spiro atoms. The van der Waals surface area contributed by atoms with Crippen LogP contribution in [0.2, 0.25) is 0 Å². The van der Waals surface area contributed by atoms with E-state index in [-0.39, 0.29) is 36.6 Å². The quantitative estimate of drug-likeness (QED) is 0.837. The van der Waals surface area contributed by atoms with Crippen LogP contribution >= 0.6 is 0 Å². The Bertz CT molecular complexity index is 742. The molecule has 25 heavy (non-hydrogen) atoms. The lowest BCUT2D eigenvalue weighted by molar-refractivity contribution is -0.121. The van der Waals surface area contributed by atoms with Gasteiger partial charge in [0, 0.05) is 13.0 Å². The van der Waals surface area contributed by atoms with E-state index < -0.39 is 0 Å². The number of rotatable bonds is 6. The van der Waals surface area contributed by atoms with Crippen LogP contribution in [0.3, 0.4) is 0 Å². The molecular weight excluding hydrogens is 324 g/mol. The van der Waals surface area contributed by atoms with E-state index in [1.54, 1.807) is 12.1 Å². The van der Waals surface area contributed by atoms with Gasteiger partial charge in [-0.15, -0.1) is 0 Å². The molecule has 1 atom stereocenters. The van der Waals surface area contributed by atoms with E-state index in [0.29, 0.717) is 24.7 Å². The van der Waals surface area contributed by atoms with Crippen molar-refractivity contribution in [3.63, 3.8) is 0 Å². The van der Waals surface area contributed by atoms with Gasteiger partial charge in [-0.1, -0.05) is 6.07 Å². The molecular formula is C18H20N2O5. The number of fused-ring (bicyclic) bond motifs is 1. The first-order chi connectivity index (χ1) is 12.1. The van der Waals surface area contributed by atoms with E-state index in [0.717, 1.165) is 5.56 Å². The molecule has 2 aromatic rings. The zero-order valence-corrected chi connectivity index (χ0v) is 13.9. The van der Waals surface area contributed by atoms with Crippen molar-refractivity contribution in [3.05, 3.63) is 47.9 Å². The van der Waals surface area contributed by atoms with Crippen molar-refractivity contribution in [3.8, 4) is 11.5 Å². The number of furan rings is 1. The molecule has 1 aromatic heterocycles. The number of amides is 2. The first kappa shape index (κ1) is 16.9. The van der Waals surface area contributed by atoms with Crippen LogP contribution in [-0.4, -0.2) is 31.6 Å². The van der Waals surface area contributed by atoms with Crippen molar-refractivity contribution >= 4 is 11.8 Å². The van der Waals surface area contributed by atoms with Crippen molar-refractivity contribution in [1.82, 2.24) is 10.6 Å². The van der Waals surface area contributed by atoms with Gasteiger partial charge < -0.3 is 24.5 Å². The Hall–Kier alpha value is -2.96. The summed E-state index contributed by atoms with van der Waals surface area (Å²) in [5, 5.41) is 5.54. The topological polar surface area (TPSA) is 89.8 Å². The summed E-state index contributed by atoms with van der Waals surface area (Å²) in [7, 11) is 0. The van der Waals surface area contributed by atoms with Crippen molar-refractivity contribution in [2.75, 3.05) is 19.8 Å². The highest BCUT2D eigenvalue weighted by Crippen LogP contribution is 2.32. The third-order valence-corrected chi connectivity index (χ3v) is 3.83. The van der Waals surface area contributed by atoms with Crippen molar-refractivity contribution in [1.29, 1.82) is 0 Å². The third-order valence-electron chi connectivity index (χ3n) is 3.83. The molecule has 0 fully saturated rings. The highest BCUT2D eigenvalue weighted by Gasteiger charge is 2.16. The molecule has 0 aliphatic carbocycles. The summed E-state index contributed by atoms with van der Waals surface area (Å²) >= 11 is 0. The van der Waals surface area contributed by atoms with Crippen LogP contribution in [-0.2, 0) is 4.79 Å². The molecule has 7 nitrogen and oxygen atoms in total. The van der Waals surface area contributed by atoms with Crippen molar-refractivity contribution in [2.24, 2.45) is 0 Å². The van der Waals surface area contributed by atoms with E-state index in [1.807, 2.05) is 25.1 Å². The van der Waals surface area contributed by atoms with Crippen molar-refractivity contribution < 1.29 is 23.5 Å². The molecule has 0 radical (unpaired) electrons. The van der Waals surface area contributed by atoms with Gasteiger partial charge in [-0.3, -0.25) is 9.59 Å². The maximum atomic E-state index is 12.0. The van der Waals surface area contributed by atoms with Gasteiger partial charge in [0.1, 0.15) is 13.2 Å². The Morgan fingerprint density at radius 1 is 1.16 bits per heavy atom. The molecule has 0 saturated carbocycles. The van der Waals surface area contributed by atoms with Gasteiger partial charge in [-0.25, -0.2) is 0 Å². The van der Waals surface area contributed by atoms with Crippen molar-refractivity contribution in [2.45, 2.75) is 19.4 Å². The van der Waals surface area contributed by atoms with Crippen LogP contribution in [0.5, 0.6) is 11.5 Å². The Labute approximate surface area is 145 Å². The van der Waals surface area contributed by atoms with Crippen LogP contribution in [0.25, 0.3) is 0 Å². The lowest BCUT2D eigenvalue weighted by Gasteiger charge is -2.21. The summed E-state index contributed by atoms with van der Waals surface area (Å²) in [6, 6.07) is 8.64. The summed E-state index contributed by atoms with van der Waals surface area (Å²) in [6.45, 7) is 3.19. The number of carbonyl (C=O) groups excluding carboxylic acids is 2. The van der Waals surface area contributed by atoms with E-state index in [2.05, 4.69) is 10.6 Å². The molecule has 0 saturated heterocycles. The average molecular weight is 344 g/mol. The van der Waals surface area contributed by atoms with E-state index in [4.69, 9.17) is 13.9 Å². The number of hydrogen-bond donors (Lipinski definition) is 2. The number of carbonyl (C=O) groups is 2. The fourth-order valence-electron chi connectivity index (χ4n) is 2.51. The predicted octanol–water partition coefficient (Wildman–Crippen LogP) is 2.05. The molecule has 1 aliphatic rings. The minimum Gasteiger partial charge on any atom is -0.486 e. The Balaban J connectivity index is 1.46. The zero-order valence-electron chi connectivity index (χ0n) is 13.9. The predicted molar refractivity (Wildman–Crippen MR) is 89.6 cm³/mol. The second-order valence-corrected chi connectivity index (χ2v) is 5.68. The molecule has 1 aliphatic heterocycles. The van der Waals surface area contributed by atoms with E-state index >= 15 is 0 Å². The minimum absolute atomic E-state index is 0.151. The van der Waals surface area contributed by atoms with Gasteiger partial charge in [-0.2, -0.15) is 0 Å². The monoisotopic (exact) mass is 344 g/mol. The second-order valence-electron chi connectivity index (χ2n) is 5.68. The van der Waals surface area contributed by atoms with Crippen LogP contribution < -0.4 is 20.1 Å². The van der Waals surface area contributed by atoms with Crippen LogP contribution in [0.15, 0.2) is 41.0 Å². The fraction of sp³-hybridized carbons (Fsp3) is 0.333. The molecule has 7 heteroatoms. The van der Waals surface area contributed by atoms with Gasteiger partial charge in [0.25, 0.3) is 5.91 Å². The molecule has 1 aromatic carbocycles. The smallest absolute Gasteiger partial charge is 0.286 e. The van der Waals surface area contributed by atoms with Crippen LogP contribution in [0.4, 0.5) is 0 Å². The summed E-state index contributed by atoms with van der Waals surface area (Å²) in [6.07, 6.45) is 1.61. The van der Waals surface area contributed by atoms with Gasteiger partial charge in [-0.05, 0) is 36.8 Å². The third kappa shape index (κ3) is 4.32. The summed E-state index contributed by atoms with van der Waals surface area (Å²) in [5.74, 6) is 1.15. The standard InChI is InChI=1S/C18H20N2O5/c1-12(13-4-5-14-16(11-13)25-10-9-24-14)20-17(21)6-7-19-18(22)15-3-2-8-23-15/h2-5,8,11-12H,6-7,9-10H2,1H3,(H,19,22)(H,20,21)/t12-/m1/s1. The Morgan fingerprint density at radius 3 is 2.72 bits per heavy atom. The Kier molecular flexibility index (Phi) is 5.23. The number of hydrogen-bond acceptors (Lipinski definition) is 5. The first-order valence-corrected chi connectivity index (χ1v) is 8.14. The van der Waals surface area contributed by atoms with Gasteiger partial charge in [0.05, 0.1) is 12.3 Å². The molecule has 2 N–H and O–H groups in total. The molecule has 3 rings (SSSR count). The lowest BCUT2D eigenvalue weighted by atomic mass is 10.1. The fourth-order valence-corrected chi connectivity index (χ4v) is 2.51. The zero-order chi connectivity index (χ0) is 17.6. The molecule has 0 bridgehead atoms. The molecule has 0 unspecified atom stereocenters. The highest BCUT2D eigenvalue weighted by molar-refractivity contribution is 5.91. The summed E-state index contributed by atoms with van der Waals surface area (Å²) in [5.41, 5.74) is 0.928.